The molecular weight excluding hydrogens is 224 g/mol. The van der Waals surface area contributed by atoms with Gasteiger partial charge in [-0.15, -0.1) is 0 Å². The third kappa shape index (κ3) is 3.90. The molecule has 86 valence electrons. The Bertz CT molecular complexity index is 408. The molecule has 0 aromatic carbocycles. The summed E-state index contributed by atoms with van der Waals surface area (Å²) < 4.78 is 0. The minimum atomic E-state index is 0.665. The number of allylic oxidation sites excluding steroid dienone is 1. The van der Waals surface area contributed by atoms with E-state index in [2.05, 4.69) is 20.6 Å². The molecule has 1 aromatic heterocycles. The van der Waals surface area contributed by atoms with Gasteiger partial charge in [-0.3, -0.25) is 4.99 Å². The Hall–Kier alpha value is -1.55. The number of rotatable bonds is 3. The van der Waals surface area contributed by atoms with Crippen LogP contribution in [-0.2, 0) is 0 Å². The lowest BCUT2D eigenvalue weighted by Gasteiger charge is -2.06. The molecule has 0 amide bonds. The minimum absolute atomic E-state index is 0.665. The maximum Gasteiger partial charge on any atom is 0.133 e. The fourth-order valence-corrected chi connectivity index (χ4v) is 1.22. The SMILES string of the molecule is CN=C(/C=C(\C)Cl)Nc1cccc(NC)n1. The highest BCUT2D eigenvalue weighted by molar-refractivity contribution is 6.31. The summed E-state index contributed by atoms with van der Waals surface area (Å²) in [6, 6.07) is 5.66. The molecule has 1 rings (SSSR count). The minimum Gasteiger partial charge on any atom is -0.373 e. The fraction of sp³-hybridized carbons (Fsp3) is 0.273. The van der Waals surface area contributed by atoms with Crippen LogP contribution in [0, 0.1) is 0 Å². The zero-order chi connectivity index (χ0) is 12.0. The maximum absolute atomic E-state index is 5.78. The Morgan fingerprint density at radius 2 is 2.12 bits per heavy atom. The number of aromatic nitrogens is 1. The molecule has 0 saturated heterocycles. The second-order valence-corrected chi connectivity index (χ2v) is 3.72. The molecule has 0 aliphatic heterocycles. The Labute approximate surface area is 100 Å². The van der Waals surface area contributed by atoms with Gasteiger partial charge in [0.1, 0.15) is 17.5 Å². The number of nitrogens with zero attached hydrogens (tertiary/aromatic N) is 2. The number of aliphatic imine (C=N–C) groups is 1. The number of nitrogens with one attached hydrogen (secondary N) is 2. The average molecular weight is 239 g/mol. The number of halogens is 1. The number of hydrogen-bond donors (Lipinski definition) is 2. The summed E-state index contributed by atoms with van der Waals surface area (Å²) in [5.74, 6) is 2.20. The molecule has 1 aromatic rings. The highest BCUT2D eigenvalue weighted by atomic mass is 35.5. The van der Waals surface area contributed by atoms with Gasteiger partial charge < -0.3 is 10.6 Å². The molecule has 0 bridgehead atoms. The van der Waals surface area contributed by atoms with E-state index in [4.69, 9.17) is 11.6 Å². The molecule has 5 heteroatoms. The molecule has 1 heterocycles. The summed E-state index contributed by atoms with van der Waals surface area (Å²) in [4.78, 5) is 8.37. The van der Waals surface area contributed by atoms with E-state index in [0.29, 0.717) is 10.9 Å². The van der Waals surface area contributed by atoms with Gasteiger partial charge in [0.2, 0.25) is 0 Å². The van der Waals surface area contributed by atoms with Gasteiger partial charge in [0.15, 0.2) is 0 Å². The molecular formula is C11H15ClN4. The molecule has 0 radical (unpaired) electrons. The lowest BCUT2D eigenvalue weighted by Crippen LogP contribution is -2.10. The summed E-state index contributed by atoms with van der Waals surface area (Å²) >= 11 is 5.78. The van der Waals surface area contributed by atoms with Gasteiger partial charge in [0, 0.05) is 19.1 Å². The topological polar surface area (TPSA) is 49.3 Å². The normalized spacial score (nSPS) is 12.5. The van der Waals surface area contributed by atoms with E-state index in [1.807, 2.05) is 25.2 Å². The summed E-state index contributed by atoms with van der Waals surface area (Å²) in [6.07, 6.45) is 1.75. The number of pyridine rings is 1. The molecule has 0 atom stereocenters. The van der Waals surface area contributed by atoms with Crippen molar-refractivity contribution < 1.29 is 0 Å². The first-order chi connectivity index (χ1) is 7.65. The van der Waals surface area contributed by atoms with Crippen molar-refractivity contribution in [2.24, 2.45) is 4.99 Å². The fourth-order valence-electron chi connectivity index (χ4n) is 1.12. The third-order valence-corrected chi connectivity index (χ3v) is 1.95. The molecule has 0 aliphatic carbocycles. The second-order valence-electron chi connectivity index (χ2n) is 3.12. The Balaban J connectivity index is 2.82. The molecule has 0 aliphatic rings. The molecule has 4 nitrogen and oxygen atoms in total. The highest BCUT2D eigenvalue weighted by Gasteiger charge is 1.98. The van der Waals surface area contributed by atoms with Crippen LogP contribution in [0.5, 0.6) is 0 Å². The van der Waals surface area contributed by atoms with E-state index in [1.54, 1.807) is 20.0 Å². The molecule has 0 fully saturated rings. The zero-order valence-corrected chi connectivity index (χ0v) is 10.3. The van der Waals surface area contributed by atoms with Crippen LogP contribution in [-0.4, -0.2) is 24.9 Å². The van der Waals surface area contributed by atoms with E-state index >= 15 is 0 Å². The molecule has 0 spiro atoms. The van der Waals surface area contributed by atoms with Crippen molar-refractivity contribution in [3.63, 3.8) is 0 Å². The largest absolute Gasteiger partial charge is 0.373 e. The first kappa shape index (κ1) is 12.5. The molecule has 16 heavy (non-hydrogen) atoms. The number of anilines is 2. The summed E-state index contributed by atoms with van der Waals surface area (Å²) in [7, 11) is 3.52. The van der Waals surface area contributed by atoms with E-state index in [-0.39, 0.29) is 0 Å². The van der Waals surface area contributed by atoms with Crippen LogP contribution in [0.1, 0.15) is 6.92 Å². The predicted molar refractivity (Wildman–Crippen MR) is 70.4 cm³/mol. The molecule has 0 saturated carbocycles. The van der Waals surface area contributed by atoms with Crippen molar-refractivity contribution in [3.8, 4) is 0 Å². The average Bonchev–Trinajstić information content (AvgIpc) is 2.28. The van der Waals surface area contributed by atoms with Crippen molar-refractivity contribution in [2.45, 2.75) is 6.92 Å². The van der Waals surface area contributed by atoms with Crippen molar-refractivity contribution >= 4 is 29.1 Å². The Kier molecular flexibility index (Phi) is 4.79. The maximum atomic E-state index is 5.78. The van der Waals surface area contributed by atoms with Crippen LogP contribution in [0.2, 0.25) is 0 Å². The van der Waals surface area contributed by atoms with Crippen LogP contribution < -0.4 is 10.6 Å². The van der Waals surface area contributed by atoms with Crippen molar-refractivity contribution in [3.05, 3.63) is 29.3 Å². The van der Waals surface area contributed by atoms with E-state index in [9.17, 15) is 0 Å². The Morgan fingerprint density at radius 1 is 1.44 bits per heavy atom. The number of hydrogen-bond acceptors (Lipinski definition) is 3. The van der Waals surface area contributed by atoms with Gasteiger partial charge in [-0.05, 0) is 25.1 Å². The molecule has 0 unspecified atom stereocenters. The van der Waals surface area contributed by atoms with Gasteiger partial charge in [-0.2, -0.15) is 0 Å². The first-order valence-electron chi connectivity index (χ1n) is 4.88. The van der Waals surface area contributed by atoms with Gasteiger partial charge in [0.05, 0.1) is 0 Å². The standard InChI is InChI=1S/C11H15ClN4/c1-8(12)7-11(14-3)16-10-6-4-5-9(13-2)15-10/h4-7H,1-3H3,(H2,13,14,15,16)/b8-7+. The van der Waals surface area contributed by atoms with Crippen LogP contribution in [0.25, 0.3) is 0 Å². The van der Waals surface area contributed by atoms with Crippen LogP contribution in [0.3, 0.4) is 0 Å². The Morgan fingerprint density at radius 3 is 2.69 bits per heavy atom. The summed E-state index contributed by atoms with van der Waals surface area (Å²) in [5.41, 5.74) is 0. The molecule has 2 N–H and O–H groups in total. The lowest BCUT2D eigenvalue weighted by atomic mass is 10.4. The first-order valence-corrected chi connectivity index (χ1v) is 5.26. The van der Waals surface area contributed by atoms with Crippen molar-refractivity contribution in [1.29, 1.82) is 0 Å². The van der Waals surface area contributed by atoms with Gasteiger partial charge in [-0.1, -0.05) is 17.7 Å². The van der Waals surface area contributed by atoms with Crippen LogP contribution in [0.4, 0.5) is 11.6 Å². The van der Waals surface area contributed by atoms with Gasteiger partial charge >= 0.3 is 0 Å². The van der Waals surface area contributed by atoms with E-state index in [1.165, 1.54) is 0 Å². The predicted octanol–water partition coefficient (Wildman–Crippen LogP) is 2.71. The second kappa shape index (κ2) is 6.12. The highest BCUT2D eigenvalue weighted by Crippen LogP contribution is 2.09. The third-order valence-electron chi connectivity index (χ3n) is 1.84. The van der Waals surface area contributed by atoms with E-state index in [0.717, 1.165) is 11.6 Å². The van der Waals surface area contributed by atoms with Crippen molar-refractivity contribution in [1.82, 2.24) is 4.98 Å². The lowest BCUT2D eigenvalue weighted by molar-refractivity contribution is 1.28. The van der Waals surface area contributed by atoms with Crippen LogP contribution >= 0.6 is 11.6 Å². The van der Waals surface area contributed by atoms with Gasteiger partial charge in [0.25, 0.3) is 0 Å². The van der Waals surface area contributed by atoms with Crippen LogP contribution in [0.15, 0.2) is 34.3 Å². The smallest absolute Gasteiger partial charge is 0.133 e. The number of amidine groups is 1. The van der Waals surface area contributed by atoms with Crippen molar-refractivity contribution in [2.75, 3.05) is 24.7 Å². The quantitative estimate of drug-likeness (QED) is 0.629. The zero-order valence-electron chi connectivity index (χ0n) is 9.58. The summed E-state index contributed by atoms with van der Waals surface area (Å²) in [6.45, 7) is 1.80. The summed E-state index contributed by atoms with van der Waals surface area (Å²) in [5, 5.41) is 6.70. The monoisotopic (exact) mass is 238 g/mol. The van der Waals surface area contributed by atoms with Gasteiger partial charge in [-0.25, -0.2) is 4.98 Å². The van der Waals surface area contributed by atoms with E-state index < -0.39 is 0 Å².